The molecule has 9 heteroatoms. The maximum atomic E-state index is 12.9. The van der Waals surface area contributed by atoms with Crippen LogP contribution in [0.4, 0.5) is 3.89 Å². The first-order chi connectivity index (χ1) is 11.1. The van der Waals surface area contributed by atoms with Gasteiger partial charge in [0.25, 0.3) is 0 Å². The summed E-state index contributed by atoms with van der Waals surface area (Å²) < 4.78 is 24.7. The van der Waals surface area contributed by atoms with E-state index in [1.807, 2.05) is 24.3 Å². The number of hydrogen-bond donors (Lipinski definition) is 0. The first kappa shape index (κ1) is 16.2. The summed E-state index contributed by atoms with van der Waals surface area (Å²) in [5, 5.41) is 0.250. The third-order valence-electron chi connectivity index (χ3n) is 3.08. The van der Waals surface area contributed by atoms with Gasteiger partial charge in [-0.1, -0.05) is 23.7 Å². The molecule has 2 aromatic heterocycles. The van der Waals surface area contributed by atoms with E-state index in [-0.39, 0.29) is 40.8 Å². The topological polar surface area (TPSA) is 49.2 Å². The SMILES string of the molecule is COc1ccc(COc2nc3c(cc2Cl)nc(Cl)n3SF)cc1. The van der Waals surface area contributed by atoms with Crippen LogP contribution in [0.5, 0.6) is 11.6 Å². The molecular formula is C14H10Cl2FN3O2S. The van der Waals surface area contributed by atoms with Crippen molar-refractivity contribution >= 4 is 46.7 Å². The van der Waals surface area contributed by atoms with Gasteiger partial charge in [-0.15, -0.1) is 3.89 Å². The number of methoxy groups -OCH3 is 1. The van der Waals surface area contributed by atoms with E-state index in [1.165, 1.54) is 6.07 Å². The molecule has 0 aliphatic rings. The minimum Gasteiger partial charge on any atom is -0.497 e. The summed E-state index contributed by atoms with van der Waals surface area (Å²) in [7, 11) is 1.60. The van der Waals surface area contributed by atoms with Crippen molar-refractivity contribution in [3.63, 3.8) is 0 Å². The number of halogens is 3. The highest BCUT2D eigenvalue weighted by Crippen LogP contribution is 2.31. The molecule has 3 rings (SSSR count). The molecule has 0 unspecified atom stereocenters. The van der Waals surface area contributed by atoms with Gasteiger partial charge in [0.15, 0.2) is 18.0 Å². The number of benzene rings is 1. The predicted octanol–water partition coefficient (Wildman–Crippen LogP) is 4.71. The molecule has 0 spiro atoms. The number of aromatic nitrogens is 3. The molecule has 1 aromatic carbocycles. The second kappa shape index (κ2) is 6.82. The molecule has 0 amide bonds. The third kappa shape index (κ3) is 3.31. The minimum atomic E-state index is -0.0881. The number of pyridine rings is 1. The zero-order valence-electron chi connectivity index (χ0n) is 11.8. The van der Waals surface area contributed by atoms with Gasteiger partial charge in [-0.3, -0.25) is 0 Å². The Morgan fingerprint density at radius 2 is 1.96 bits per heavy atom. The Hall–Kier alpha value is -1.70. The number of rotatable bonds is 5. The Kier molecular flexibility index (Phi) is 4.79. The Morgan fingerprint density at radius 1 is 1.22 bits per heavy atom. The van der Waals surface area contributed by atoms with E-state index in [2.05, 4.69) is 9.97 Å². The number of imidazole rings is 1. The lowest BCUT2D eigenvalue weighted by Crippen LogP contribution is -1.99. The molecule has 0 fully saturated rings. The summed E-state index contributed by atoms with van der Waals surface area (Å²) in [6, 6.07) is 8.91. The maximum Gasteiger partial charge on any atom is 0.235 e. The van der Waals surface area contributed by atoms with Crippen molar-refractivity contribution in [3.05, 3.63) is 46.2 Å². The van der Waals surface area contributed by atoms with Gasteiger partial charge in [0.2, 0.25) is 11.2 Å². The summed E-state index contributed by atoms with van der Waals surface area (Å²) in [4.78, 5) is 8.17. The van der Waals surface area contributed by atoms with Crippen molar-refractivity contribution in [1.82, 2.24) is 13.9 Å². The molecule has 120 valence electrons. The second-order valence-electron chi connectivity index (χ2n) is 4.50. The van der Waals surface area contributed by atoms with Gasteiger partial charge in [-0.05, 0) is 35.4 Å². The van der Waals surface area contributed by atoms with Crippen molar-refractivity contribution in [2.24, 2.45) is 0 Å². The van der Waals surface area contributed by atoms with Crippen LogP contribution in [0.3, 0.4) is 0 Å². The zero-order chi connectivity index (χ0) is 16.4. The van der Waals surface area contributed by atoms with Crippen molar-refractivity contribution in [1.29, 1.82) is 0 Å². The van der Waals surface area contributed by atoms with Crippen LogP contribution in [-0.2, 0) is 6.61 Å². The maximum absolute atomic E-state index is 12.9. The molecule has 5 nitrogen and oxygen atoms in total. The average Bonchev–Trinajstić information content (AvgIpc) is 2.87. The van der Waals surface area contributed by atoms with Crippen LogP contribution < -0.4 is 9.47 Å². The van der Waals surface area contributed by atoms with Gasteiger partial charge in [0, 0.05) is 0 Å². The molecular weight excluding hydrogens is 364 g/mol. The number of ether oxygens (including phenoxy) is 2. The molecule has 0 saturated heterocycles. The molecule has 3 aromatic rings. The van der Waals surface area contributed by atoms with Gasteiger partial charge in [-0.2, -0.15) is 4.98 Å². The first-order valence-corrected chi connectivity index (χ1v) is 7.84. The summed E-state index contributed by atoms with van der Waals surface area (Å²) >= 11 is 11.9. The van der Waals surface area contributed by atoms with Crippen LogP contribution >= 0.6 is 35.5 Å². The third-order valence-corrected chi connectivity index (χ3v) is 4.19. The number of fused-ring (bicyclic) bond motifs is 1. The molecule has 0 bridgehead atoms. The lowest BCUT2D eigenvalue weighted by molar-refractivity contribution is 0.295. The molecule has 23 heavy (non-hydrogen) atoms. The largest absolute Gasteiger partial charge is 0.497 e. The quantitative estimate of drug-likeness (QED) is 0.648. The highest BCUT2D eigenvalue weighted by Gasteiger charge is 2.15. The van der Waals surface area contributed by atoms with Crippen LogP contribution in [0.25, 0.3) is 11.2 Å². The lowest BCUT2D eigenvalue weighted by atomic mass is 10.2. The molecule has 0 radical (unpaired) electrons. The molecule has 0 N–H and O–H groups in total. The van der Waals surface area contributed by atoms with Crippen LogP contribution in [-0.4, -0.2) is 21.1 Å². The minimum absolute atomic E-state index is 0.0247. The summed E-state index contributed by atoms with van der Waals surface area (Å²) in [5.41, 5.74) is 1.55. The Morgan fingerprint density at radius 3 is 2.61 bits per heavy atom. The van der Waals surface area contributed by atoms with Crippen LogP contribution in [0.15, 0.2) is 30.3 Å². The van der Waals surface area contributed by atoms with Crippen molar-refractivity contribution in [2.75, 3.05) is 7.11 Å². The van der Waals surface area contributed by atoms with Gasteiger partial charge < -0.3 is 9.47 Å². The summed E-state index contributed by atoms with van der Waals surface area (Å²) in [5.74, 6) is 0.937. The van der Waals surface area contributed by atoms with Gasteiger partial charge in [-0.25, -0.2) is 8.96 Å². The first-order valence-electron chi connectivity index (χ1n) is 6.41. The van der Waals surface area contributed by atoms with E-state index in [1.54, 1.807) is 7.11 Å². The molecule has 2 heterocycles. The van der Waals surface area contributed by atoms with Crippen LogP contribution in [0.2, 0.25) is 10.3 Å². The van der Waals surface area contributed by atoms with E-state index in [9.17, 15) is 3.89 Å². The zero-order valence-corrected chi connectivity index (χ0v) is 14.1. The normalized spacial score (nSPS) is 11.0. The number of hydrogen-bond acceptors (Lipinski definition) is 5. The van der Waals surface area contributed by atoms with Crippen molar-refractivity contribution in [2.45, 2.75) is 6.61 Å². The Balaban J connectivity index is 1.85. The van der Waals surface area contributed by atoms with Crippen LogP contribution in [0.1, 0.15) is 5.56 Å². The van der Waals surface area contributed by atoms with Crippen molar-refractivity contribution in [3.8, 4) is 11.6 Å². The fourth-order valence-corrected chi connectivity index (χ4v) is 2.70. The van der Waals surface area contributed by atoms with E-state index in [0.717, 1.165) is 15.3 Å². The molecule has 0 aliphatic heterocycles. The fourth-order valence-electron chi connectivity index (χ4n) is 1.95. The Labute approximate surface area is 145 Å². The predicted molar refractivity (Wildman–Crippen MR) is 89.0 cm³/mol. The molecule has 0 saturated carbocycles. The molecule has 0 aliphatic carbocycles. The number of nitrogens with zero attached hydrogens (tertiary/aromatic N) is 3. The Bertz CT molecular complexity index is 842. The highest BCUT2D eigenvalue weighted by molar-refractivity contribution is 7.93. The van der Waals surface area contributed by atoms with Crippen LogP contribution in [0, 0.1) is 0 Å². The monoisotopic (exact) mass is 373 g/mol. The average molecular weight is 374 g/mol. The highest BCUT2D eigenvalue weighted by atomic mass is 35.5. The van der Waals surface area contributed by atoms with E-state index >= 15 is 0 Å². The standard InChI is InChI=1S/C14H10Cl2FN3O2S/c1-21-9-4-2-8(3-5-9)7-22-13-10(15)6-11-12(19-13)20(23-17)14(16)18-11/h2-6H,7H2,1H3. The lowest BCUT2D eigenvalue weighted by Gasteiger charge is -2.08. The van der Waals surface area contributed by atoms with Gasteiger partial charge in [0.05, 0.1) is 7.11 Å². The van der Waals surface area contributed by atoms with Gasteiger partial charge in [0.1, 0.15) is 22.9 Å². The van der Waals surface area contributed by atoms with E-state index in [4.69, 9.17) is 32.7 Å². The van der Waals surface area contributed by atoms with E-state index in [0.29, 0.717) is 5.52 Å². The van der Waals surface area contributed by atoms with E-state index < -0.39 is 0 Å². The van der Waals surface area contributed by atoms with Gasteiger partial charge >= 0.3 is 0 Å². The molecule has 0 atom stereocenters. The fraction of sp³-hybridized carbons (Fsp3) is 0.143. The van der Waals surface area contributed by atoms with Crippen molar-refractivity contribution < 1.29 is 13.4 Å². The second-order valence-corrected chi connectivity index (χ2v) is 5.75. The summed E-state index contributed by atoms with van der Waals surface area (Å²) in [6.45, 7) is 0.257. The smallest absolute Gasteiger partial charge is 0.235 e. The summed E-state index contributed by atoms with van der Waals surface area (Å²) in [6.07, 6.45) is 0.